The number of nitrogens with zero attached hydrogens (tertiary/aromatic N) is 8. The van der Waals surface area contributed by atoms with Crippen LogP contribution >= 0.6 is 0 Å². The number of pyridine rings is 4. The van der Waals surface area contributed by atoms with Crippen molar-refractivity contribution in [3.8, 4) is 80.4 Å². The minimum atomic E-state index is 0.357. The number of hydrogen-bond donors (Lipinski definition) is 0. The smallest absolute Gasteiger partial charge is 0.245 e. The summed E-state index contributed by atoms with van der Waals surface area (Å²) < 4.78 is 22.8. The molecule has 8 aromatic heterocycles. The third-order valence-electron chi connectivity index (χ3n) is 6.58. The predicted octanol–water partition coefficient (Wildman–Crippen LogP) is 6.89. The van der Waals surface area contributed by atoms with Crippen LogP contribution in [0.1, 0.15) is 0 Å². The van der Waals surface area contributed by atoms with Gasteiger partial charge < -0.3 is 17.7 Å². The van der Waals surface area contributed by atoms with Crippen molar-refractivity contribution < 1.29 is 17.7 Å². The molecule has 8 aromatic rings. The molecule has 12 heteroatoms. The molecule has 0 aliphatic carbocycles. The summed E-state index contributed by atoms with van der Waals surface area (Å²) in [6, 6.07) is 22.2. The van der Waals surface area contributed by atoms with Crippen LogP contribution in [-0.2, 0) is 0 Å². The zero-order valence-electron chi connectivity index (χ0n) is 22.6. The lowest BCUT2D eigenvalue weighted by atomic mass is 10.2. The Morgan fingerprint density at radius 2 is 0.727 bits per heavy atom. The van der Waals surface area contributed by atoms with E-state index in [1.807, 2.05) is 72.8 Å². The molecule has 8 rings (SSSR count). The quantitative estimate of drug-likeness (QED) is 0.193. The second-order valence-corrected chi connectivity index (χ2v) is 9.42. The Balaban J connectivity index is 1.05. The van der Waals surface area contributed by atoms with Gasteiger partial charge in [0.1, 0.15) is 34.2 Å². The fraction of sp³-hybridized carbons (Fsp3) is 0. The Hall–Kier alpha value is -6.56. The Morgan fingerprint density at radius 1 is 0.364 bits per heavy atom. The minimum absolute atomic E-state index is 0.357. The van der Waals surface area contributed by atoms with Gasteiger partial charge in [0.25, 0.3) is 0 Å². The maximum atomic E-state index is 6.05. The van der Waals surface area contributed by atoms with Crippen LogP contribution in [0.3, 0.4) is 0 Å². The Bertz CT molecular complexity index is 2050. The minimum Gasteiger partial charge on any atom is -0.442 e. The van der Waals surface area contributed by atoms with Crippen molar-refractivity contribution >= 4 is 0 Å². The van der Waals surface area contributed by atoms with Crippen molar-refractivity contribution in [2.75, 3.05) is 0 Å². The predicted molar refractivity (Wildman–Crippen MR) is 156 cm³/mol. The SMILES string of the molecule is c1cc(-c2cccc(-c3cnc(-c4cccc(-c5cnco5)n4)o3)n2)nc(-c2cnc(-c3cccc(-c4cnco4)n3)o2)c1. The first kappa shape index (κ1) is 25.2. The van der Waals surface area contributed by atoms with Gasteiger partial charge in [0.15, 0.2) is 35.8 Å². The van der Waals surface area contributed by atoms with Gasteiger partial charge in [-0.3, -0.25) is 0 Å². The molecule has 8 heterocycles. The summed E-state index contributed by atoms with van der Waals surface area (Å²) in [5.74, 6) is 2.80. The molecule has 0 radical (unpaired) electrons. The molecule has 210 valence electrons. The maximum absolute atomic E-state index is 6.05. The molecule has 0 saturated carbocycles. The van der Waals surface area contributed by atoms with Crippen LogP contribution in [0.4, 0.5) is 0 Å². The summed E-state index contributed by atoms with van der Waals surface area (Å²) in [5, 5.41) is 0. The van der Waals surface area contributed by atoms with Gasteiger partial charge in [-0.05, 0) is 48.5 Å². The summed E-state index contributed by atoms with van der Waals surface area (Å²) in [5.41, 5.74) is 4.85. The van der Waals surface area contributed by atoms with Crippen LogP contribution in [0.15, 0.2) is 128 Å². The van der Waals surface area contributed by atoms with Crippen molar-refractivity contribution in [1.82, 2.24) is 39.9 Å². The molecule has 0 spiro atoms. The Kier molecular flexibility index (Phi) is 6.11. The summed E-state index contributed by atoms with van der Waals surface area (Å²) in [6.45, 7) is 0. The van der Waals surface area contributed by atoms with Crippen LogP contribution in [0, 0.1) is 0 Å². The van der Waals surface area contributed by atoms with E-state index >= 15 is 0 Å². The van der Waals surface area contributed by atoms with Crippen molar-refractivity contribution in [3.05, 3.63) is 110 Å². The fourth-order valence-corrected chi connectivity index (χ4v) is 4.52. The van der Waals surface area contributed by atoms with Gasteiger partial charge in [0, 0.05) is 0 Å². The summed E-state index contributed by atoms with van der Waals surface area (Å²) in [6.07, 6.45) is 9.16. The second-order valence-electron chi connectivity index (χ2n) is 9.42. The van der Waals surface area contributed by atoms with Gasteiger partial charge >= 0.3 is 0 Å². The summed E-state index contributed by atoms with van der Waals surface area (Å²) in [4.78, 5) is 35.5. The molecule has 0 fully saturated rings. The molecule has 0 unspecified atom stereocenters. The van der Waals surface area contributed by atoms with E-state index in [1.165, 1.54) is 12.8 Å². The highest BCUT2D eigenvalue weighted by molar-refractivity contribution is 5.66. The third-order valence-corrected chi connectivity index (χ3v) is 6.58. The van der Waals surface area contributed by atoms with E-state index in [0.717, 1.165) is 0 Å². The number of oxazole rings is 4. The average molecular weight is 579 g/mol. The van der Waals surface area contributed by atoms with Crippen molar-refractivity contribution in [2.24, 2.45) is 0 Å². The maximum Gasteiger partial charge on any atom is 0.245 e. The van der Waals surface area contributed by atoms with E-state index in [4.69, 9.17) is 27.6 Å². The normalized spacial score (nSPS) is 11.2. The largest absolute Gasteiger partial charge is 0.442 e. The number of hydrogen-bond acceptors (Lipinski definition) is 12. The average Bonchev–Trinajstić information content (AvgIpc) is 3.93. The monoisotopic (exact) mass is 578 g/mol. The number of rotatable bonds is 7. The highest BCUT2D eigenvalue weighted by Gasteiger charge is 2.16. The summed E-state index contributed by atoms with van der Waals surface area (Å²) >= 11 is 0. The van der Waals surface area contributed by atoms with Crippen LogP contribution in [0.25, 0.3) is 80.4 Å². The van der Waals surface area contributed by atoms with Crippen molar-refractivity contribution in [3.63, 3.8) is 0 Å². The van der Waals surface area contributed by atoms with E-state index in [-0.39, 0.29) is 0 Å². The molecule has 0 amide bonds. The molecular weight excluding hydrogens is 560 g/mol. The van der Waals surface area contributed by atoms with Crippen LogP contribution in [0.5, 0.6) is 0 Å². The van der Waals surface area contributed by atoms with Crippen molar-refractivity contribution in [2.45, 2.75) is 0 Å². The lowest BCUT2D eigenvalue weighted by Gasteiger charge is -2.04. The van der Waals surface area contributed by atoms with Gasteiger partial charge in [0.2, 0.25) is 11.8 Å². The van der Waals surface area contributed by atoms with Crippen LogP contribution in [0.2, 0.25) is 0 Å². The van der Waals surface area contributed by atoms with E-state index in [0.29, 0.717) is 80.4 Å². The molecule has 0 aromatic carbocycles. The topological polar surface area (TPSA) is 156 Å². The standard InChI is InChI=1S/C32H18N8O4/c1-5-19(37-23(9-1)29-15-35-31(43-29)25-11-3-7-21(39-25)27-13-33-17-41-27)20-6-2-10-24(38-20)30-16-36-32(44-30)26-12-4-8-22(40-26)28-14-34-18-42-28/h1-18H. The van der Waals surface area contributed by atoms with Gasteiger partial charge in [-0.1, -0.05) is 24.3 Å². The number of aromatic nitrogens is 8. The molecule has 44 heavy (non-hydrogen) atoms. The fourth-order valence-electron chi connectivity index (χ4n) is 4.52. The molecule has 0 N–H and O–H groups in total. The lowest BCUT2D eigenvalue weighted by molar-refractivity contribution is 0.568. The molecule has 0 aliphatic heterocycles. The van der Waals surface area contributed by atoms with Gasteiger partial charge in [0.05, 0.1) is 36.2 Å². The first-order valence-electron chi connectivity index (χ1n) is 13.4. The van der Waals surface area contributed by atoms with Crippen LogP contribution in [-0.4, -0.2) is 39.9 Å². The molecule has 12 nitrogen and oxygen atoms in total. The Morgan fingerprint density at radius 3 is 1.14 bits per heavy atom. The van der Waals surface area contributed by atoms with Gasteiger partial charge in [-0.15, -0.1) is 0 Å². The molecule has 0 aliphatic rings. The Labute approximate surface area is 248 Å². The van der Waals surface area contributed by atoms with Gasteiger partial charge in [-0.25, -0.2) is 39.9 Å². The van der Waals surface area contributed by atoms with Crippen LogP contribution < -0.4 is 0 Å². The first-order valence-corrected chi connectivity index (χ1v) is 13.4. The van der Waals surface area contributed by atoms with Crippen molar-refractivity contribution in [1.29, 1.82) is 0 Å². The van der Waals surface area contributed by atoms with Gasteiger partial charge in [-0.2, -0.15) is 0 Å². The first-order chi connectivity index (χ1) is 21.8. The van der Waals surface area contributed by atoms with E-state index in [1.54, 1.807) is 24.8 Å². The zero-order valence-corrected chi connectivity index (χ0v) is 22.6. The van der Waals surface area contributed by atoms with E-state index < -0.39 is 0 Å². The lowest BCUT2D eigenvalue weighted by Crippen LogP contribution is -1.91. The second kappa shape index (κ2) is 10.7. The zero-order chi connectivity index (χ0) is 29.3. The highest BCUT2D eigenvalue weighted by Crippen LogP contribution is 2.30. The molecule has 0 saturated heterocycles. The third kappa shape index (κ3) is 4.81. The van der Waals surface area contributed by atoms with E-state index in [2.05, 4.69) is 29.9 Å². The van der Waals surface area contributed by atoms with E-state index in [9.17, 15) is 0 Å². The molecule has 0 atom stereocenters. The highest BCUT2D eigenvalue weighted by atomic mass is 16.4. The molecular formula is C32H18N8O4. The summed E-state index contributed by atoms with van der Waals surface area (Å²) in [7, 11) is 0. The molecule has 0 bridgehead atoms.